The van der Waals surface area contributed by atoms with Crippen molar-refractivity contribution in [3.63, 3.8) is 0 Å². The summed E-state index contributed by atoms with van der Waals surface area (Å²) in [5.74, 6) is -1.34. The third kappa shape index (κ3) is 3.55. The lowest BCUT2D eigenvalue weighted by atomic mass is 9.89. The molecule has 1 heterocycles. The summed E-state index contributed by atoms with van der Waals surface area (Å²) < 4.78 is 35.0. The van der Waals surface area contributed by atoms with Gasteiger partial charge in [0, 0.05) is 11.5 Å². The molecule has 0 saturated heterocycles. The summed E-state index contributed by atoms with van der Waals surface area (Å²) in [4.78, 5) is 24.7. The van der Waals surface area contributed by atoms with Crippen molar-refractivity contribution < 1.29 is 27.8 Å². The molecule has 0 N–H and O–H groups in total. The Hall–Kier alpha value is -3.35. The minimum Gasteiger partial charge on any atom is -0.493 e. The first-order chi connectivity index (χ1) is 13.5. The molecule has 1 aromatic heterocycles. The zero-order valence-electron chi connectivity index (χ0n) is 15.7. The molecular weight excluding hydrogens is 367 g/mol. The maximum atomic E-state index is 14.2. The zero-order valence-corrected chi connectivity index (χ0v) is 15.7. The van der Waals surface area contributed by atoms with Gasteiger partial charge in [-0.1, -0.05) is 18.2 Å². The molecule has 3 aromatic rings. The lowest BCUT2D eigenvalue weighted by Crippen LogP contribution is -2.19. The standard InChI is InChI=1S/C21H19FO6/c1-25-17-9-8-13-14(11-18(23)28-19(13)20(17)26-2)15(21(24)27-3)10-12-6-4-5-7-16(12)22/h4-9,11,15H,10H2,1-3H3/t15-/m0/s1. The van der Waals surface area contributed by atoms with Crippen LogP contribution in [0.1, 0.15) is 17.0 Å². The molecule has 1 atom stereocenters. The monoisotopic (exact) mass is 386 g/mol. The first-order valence-corrected chi connectivity index (χ1v) is 8.50. The van der Waals surface area contributed by atoms with Gasteiger partial charge in [-0.3, -0.25) is 4.79 Å². The lowest BCUT2D eigenvalue weighted by molar-refractivity contribution is -0.142. The van der Waals surface area contributed by atoms with Crippen molar-refractivity contribution in [2.45, 2.75) is 12.3 Å². The van der Waals surface area contributed by atoms with Gasteiger partial charge in [0.1, 0.15) is 5.82 Å². The number of carbonyl (C=O) groups is 1. The van der Waals surface area contributed by atoms with Crippen LogP contribution in [0.15, 0.2) is 51.7 Å². The third-order valence-electron chi connectivity index (χ3n) is 4.53. The number of hydrogen-bond acceptors (Lipinski definition) is 6. The number of fused-ring (bicyclic) bond motifs is 1. The molecule has 0 spiro atoms. The predicted octanol–water partition coefficient (Wildman–Crippen LogP) is 3.45. The van der Waals surface area contributed by atoms with Crippen LogP contribution in [0.3, 0.4) is 0 Å². The van der Waals surface area contributed by atoms with E-state index >= 15 is 0 Å². The van der Waals surface area contributed by atoms with Gasteiger partial charge in [0.25, 0.3) is 0 Å². The largest absolute Gasteiger partial charge is 0.493 e. The number of hydrogen-bond donors (Lipinski definition) is 0. The summed E-state index contributed by atoms with van der Waals surface area (Å²) >= 11 is 0. The van der Waals surface area contributed by atoms with Gasteiger partial charge in [-0.15, -0.1) is 0 Å². The zero-order chi connectivity index (χ0) is 20.3. The number of benzene rings is 2. The average molecular weight is 386 g/mol. The molecule has 146 valence electrons. The molecule has 28 heavy (non-hydrogen) atoms. The highest BCUT2D eigenvalue weighted by Gasteiger charge is 2.27. The maximum Gasteiger partial charge on any atom is 0.336 e. The fourth-order valence-corrected chi connectivity index (χ4v) is 3.20. The molecule has 3 rings (SSSR count). The second kappa shape index (κ2) is 8.12. The number of ether oxygens (including phenoxy) is 3. The quantitative estimate of drug-likeness (QED) is 0.477. The second-order valence-electron chi connectivity index (χ2n) is 6.07. The summed E-state index contributed by atoms with van der Waals surface area (Å²) in [6, 6.07) is 10.7. The highest BCUT2D eigenvalue weighted by molar-refractivity contribution is 5.92. The second-order valence-corrected chi connectivity index (χ2v) is 6.07. The van der Waals surface area contributed by atoms with Crippen molar-refractivity contribution in [2.24, 2.45) is 0 Å². The molecule has 0 saturated carbocycles. The summed E-state index contributed by atoms with van der Waals surface area (Å²) in [5.41, 5.74) is 0.172. The fraction of sp³-hybridized carbons (Fsp3) is 0.238. The van der Waals surface area contributed by atoms with Gasteiger partial charge >= 0.3 is 11.6 Å². The summed E-state index contributed by atoms with van der Waals surface area (Å²) in [7, 11) is 4.12. The van der Waals surface area contributed by atoms with Gasteiger partial charge in [0.15, 0.2) is 11.3 Å². The summed E-state index contributed by atoms with van der Waals surface area (Å²) in [6.07, 6.45) is 0.0201. The van der Waals surface area contributed by atoms with E-state index in [1.54, 1.807) is 30.3 Å². The van der Waals surface area contributed by atoms with E-state index in [2.05, 4.69) is 0 Å². The van der Waals surface area contributed by atoms with Crippen LogP contribution in [-0.2, 0) is 16.0 Å². The lowest BCUT2D eigenvalue weighted by Gasteiger charge is -2.18. The Morgan fingerprint density at radius 2 is 1.86 bits per heavy atom. The Kier molecular flexibility index (Phi) is 5.63. The maximum absolute atomic E-state index is 14.2. The Balaban J connectivity index is 2.24. The van der Waals surface area contributed by atoms with Crippen molar-refractivity contribution in [2.75, 3.05) is 21.3 Å². The molecule has 0 unspecified atom stereocenters. The molecule has 0 fully saturated rings. The van der Waals surface area contributed by atoms with E-state index in [0.717, 1.165) is 0 Å². The number of esters is 1. The van der Waals surface area contributed by atoms with Crippen LogP contribution in [0.25, 0.3) is 11.0 Å². The van der Waals surface area contributed by atoms with Crippen molar-refractivity contribution in [1.29, 1.82) is 0 Å². The number of methoxy groups -OCH3 is 3. The molecule has 2 aromatic carbocycles. The smallest absolute Gasteiger partial charge is 0.336 e. The molecule has 0 aliphatic rings. The van der Waals surface area contributed by atoms with E-state index in [4.69, 9.17) is 18.6 Å². The van der Waals surface area contributed by atoms with Gasteiger partial charge in [-0.25, -0.2) is 9.18 Å². The molecule has 0 radical (unpaired) electrons. The van der Waals surface area contributed by atoms with Crippen LogP contribution in [0.4, 0.5) is 4.39 Å². The number of carbonyl (C=O) groups excluding carboxylic acids is 1. The Morgan fingerprint density at radius 1 is 1.11 bits per heavy atom. The van der Waals surface area contributed by atoms with Crippen molar-refractivity contribution >= 4 is 16.9 Å². The van der Waals surface area contributed by atoms with E-state index in [-0.39, 0.29) is 17.8 Å². The predicted molar refractivity (Wildman–Crippen MR) is 100 cm³/mol. The SMILES string of the molecule is COC(=O)[C@@H](Cc1ccccc1F)c1cc(=O)oc2c(OC)c(OC)ccc12. The number of halogens is 1. The fourth-order valence-electron chi connectivity index (χ4n) is 3.20. The van der Waals surface area contributed by atoms with E-state index < -0.39 is 23.3 Å². The average Bonchev–Trinajstić information content (AvgIpc) is 2.71. The summed E-state index contributed by atoms with van der Waals surface area (Å²) in [6.45, 7) is 0. The molecular formula is C21H19FO6. The van der Waals surface area contributed by atoms with E-state index in [0.29, 0.717) is 22.3 Å². The van der Waals surface area contributed by atoms with E-state index in [1.807, 2.05) is 0 Å². The minimum absolute atomic E-state index is 0.0201. The van der Waals surface area contributed by atoms with Crippen LogP contribution in [0.5, 0.6) is 11.5 Å². The van der Waals surface area contributed by atoms with Gasteiger partial charge in [-0.2, -0.15) is 0 Å². The molecule has 0 bridgehead atoms. The van der Waals surface area contributed by atoms with Gasteiger partial charge in [0.05, 0.1) is 27.2 Å². The van der Waals surface area contributed by atoms with Crippen LogP contribution in [0.2, 0.25) is 0 Å². The topological polar surface area (TPSA) is 75.0 Å². The van der Waals surface area contributed by atoms with Crippen molar-refractivity contribution in [3.8, 4) is 11.5 Å². The molecule has 0 aliphatic carbocycles. The van der Waals surface area contributed by atoms with Crippen LogP contribution < -0.4 is 15.1 Å². The molecule has 0 aliphatic heterocycles. The van der Waals surface area contributed by atoms with Crippen LogP contribution >= 0.6 is 0 Å². The third-order valence-corrected chi connectivity index (χ3v) is 4.53. The highest BCUT2D eigenvalue weighted by atomic mass is 19.1. The first-order valence-electron chi connectivity index (χ1n) is 8.50. The number of rotatable bonds is 6. The van der Waals surface area contributed by atoms with E-state index in [1.165, 1.54) is 33.5 Å². The normalized spacial score (nSPS) is 11.9. The summed E-state index contributed by atoms with van der Waals surface area (Å²) in [5, 5.41) is 0.476. The Bertz CT molecular complexity index is 1070. The van der Waals surface area contributed by atoms with E-state index in [9.17, 15) is 14.0 Å². The minimum atomic E-state index is -0.911. The van der Waals surface area contributed by atoms with Gasteiger partial charge in [0.2, 0.25) is 5.75 Å². The highest BCUT2D eigenvalue weighted by Crippen LogP contribution is 2.38. The molecule has 7 heteroatoms. The molecule has 6 nitrogen and oxygen atoms in total. The first kappa shape index (κ1) is 19.4. The van der Waals surface area contributed by atoms with Gasteiger partial charge in [-0.05, 0) is 35.7 Å². The van der Waals surface area contributed by atoms with Crippen LogP contribution in [0, 0.1) is 5.82 Å². The van der Waals surface area contributed by atoms with Crippen molar-refractivity contribution in [1.82, 2.24) is 0 Å². The van der Waals surface area contributed by atoms with Crippen molar-refractivity contribution in [3.05, 3.63) is 69.8 Å². The Morgan fingerprint density at radius 3 is 2.50 bits per heavy atom. The Labute approximate surface area is 160 Å². The molecule has 0 amide bonds. The van der Waals surface area contributed by atoms with Gasteiger partial charge < -0.3 is 18.6 Å². The van der Waals surface area contributed by atoms with Crippen LogP contribution in [-0.4, -0.2) is 27.3 Å².